The van der Waals surface area contributed by atoms with Crippen molar-refractivity contribution in [1.82, 2.24) is 5.32 Å². The lowest BCUT2D eigenvalue weighted by molar-refractivity contribution is 0.0950. The van der Waals surface area contributed by atoms with Gasteiger partial charge in [0.25, 0.3) is 5.91 Å². The van der Waals surface area contributed by atoms with Gasteiger partial charge in [0.2, 0.25) is 0 Å². The van der Waals surface area contributed by atoms with Crippen LogP contribution >= 0.6 is 0 Å². The molecule has 0 saturated heterocycles. The first-order valence-electron chi connectivity index (χ1n) is 7.54. The molecule has 2 aromatic rings. The summed E-state index contributed by atoms with van der Waals surface area (Å²) < 4.78 is 0. The van der Waals surface area contributed by atoms with Gasteiger partial charge in [0.15, 0.2) is 0 Å². The number of rotatable bonds is 3. The van der Waals surface area contributed by atoms with E-state index in [2.05, 4.69) is 34.9 Å². The second kappa shape index (κ2) is 4.92. The Morgan fingerprint density at radius 1 is 1.14 bits per heavy atom. The van der Waals surface area contributed by atoms with Crippen LogP contribution in [0.15, 0.2) is 48.5 Å². The molecule has 1 aliphatic carbocycles. The van der Waals surface area contributed by atoms with E-state index in [-0.39, 0.29) is 11.9 Å². The number of hydrogen-bond acceptors (Lipinski definition) is 2. The molecular formula is C18H18N2O. The fraction of sp³-hybridized carbons (Fsp3) is 0.278. The molecular weight excluding hydrogens is 260 g/mol. The molecule has 3 nitrogen and oxygen atoms in total. The molecule has 4 rings (SSSR count). The molecule has 3 heteroatoms. The van der Waals surface area contributed by atoms with E-state index < -0.39 is 0 Å². The number of carbonyl (C=O) groups is 1. The van der Waals surface area contributed by atoms with Gasteiger partial charge in [-0.15, -0.1) is 0 Å². The lowest BCUT2D eigenvalue weighted by Gasteiger charge is -2.07. The highest BCUT2D eigenvalue weighted by Crippen LogP contribution is 2.40. The number of fused-ring (bicyclic) bond motifs is 1. The van der Waals surface area contributed by atoms with Gasteiger partial charge < -0.3 is 10.6 Å². The molecule has 21 heavy (non-hydrogen) atoms. The van der Waals surface area contributed by atoms with E-state index in [1.54, 1.807) is 0 Å². The van der Waals surface area contributed by atoms with Crippen molar-refractivity contribution in [3.8, 4) is 0 Å². The SMILES string of the molecule is O=C(NC1CC1c1ccccc1)c1ccc2c(c1)CCN2. The number of hydrogen-bond donors (Lipinski definition) is 2. The molecule has 0 radical (unpaired) electrons. The predicted octanol–water partition coefficient (Wildman–Crippen LogP) is 2.94. The van der Waals surface area contributed by atoms with Crippen molar-refractivity contribution in [2.45, 2.75) is 24.8 Å². The third-order valence-electron chi connectivity index (χ3n) is 4.41. The van der Waals surface area contributed by atoms with E-state index in [9.17, 15) is 4.79 Å². The molecule has 2 atom stereocenters. The maximum Gasteiger partial charge on any atom is 0.251 e. The second-order valence-electron chi connectivity index (χ2n) is 5.88. The molecule has 0 bridgehead atoms. The fourth-order valence-electron chi connectivity index (χ4n) is 3.12. The molecule has 2 unspecified atom stereocenters. The Hall–Kier alpha value is -2.29. The average Bonchev–Trinajstić information content (AvgIpc) is 3.12. The van der Waals surface area contributed by atoms with Crippen molar-refractivity contribution in [1.29, 1.82) is 0 Å². The van der Waals surface area contributed by atoms with Crippen LogP contribution in [0.3, 0.4) is 0 Å². The molecule has 1 aliphatic heterocycles. The minimum absolute atomic E-state index is 0.0492. The van der Waals surface area contributed by atoms with E-state index in [1.165, 1.54) is 16.8 Å². The summed E-state index contributed by atoms with van der Waals surface area (Å²) in [4.78, 5) is 12.3. The first-order valence-corrected chi connectivity index (χ1v) is 7.54. The van der Waals surface area contributed by atoms with Crippen molar-refractivity contribution in [3.63, 3.8) is 0 Å². The Kier molecular flexibility index (Phi) is 2.92. The fourth-order valence-corrected chi connectivity index (χ4v) is 3.12. The van der Waals surface area contributed by atoms with Crippen LogP contribution in [0.4, 0.5) is 5.69 Å². The van der Waals surface area contributed by atoms with Crippen molar-refractivity contribution in [2.24, 2.45) is 0 Å². The smallest absolute Gasteiger partial charge is 0.251 e. The van der Waals surface area contributed by atoms with Crippen LogP contribution in [0.1, 0.15) is 33.8 Å². The van der Waals surface area contributed by atoms with Crippen LogP contribution < -0.4 is 10.6 Å². The number of benzene rings is 2. The summed E-state index contributed by atoms with van der Waals surface area (Å²) in [7, 11) is 0. The van der Waals surface area contributed by atoms with Crippen LogP contribution in [0.2, 0.25) is 0 Å². The minimum Gasteiger partial charge on any atom is -0.384 e. The number of nitrogens with one attached hydrogen (secondary N) is 2. The Labute approximate surface area is 124 Å². The summed E-state index contributed by atoms with van der Waals surface area (Å²) in [6, 6.07) is 16.6. The van der Waals surface area contributed by atoms with Gasteiger partial charge >= 0.3 is 0 Å². The Balaban J connectivity index is 1.43. The highest BCUT2D eigenvalue weighted by Gasteiger charge is 2.39. The molecule has 1 heterocycles. The van der Waals surface area contributed by atoms with Gasteiger partial charge in [0.05, 0.1) is 0 Å². The van der Waals surface area contributed by atoms with Crippen molar-refractivity contribution in [3.05, 3.63) is 65.2 Å². The molecule has 2 N–H and O–H groups in total. The van der Waals surface area contributed by atoms with E-state index in [1.807, 2.05) is 24.3 Å². The van der Waals surface area contributed by atoms with Crippen LogP contribution in [0, 0.1) is 0 Å². The topological polar surface area (TPSA) is 41.1 Å². The number of anilines is 1. The zero-order chi connectivity index (χ0) is 14.2. The molecule has 106 valence electrons. The Morgan fingerprint density at radius 2 is 2.00 bits per heavy atom. The second-order valence-corrected chi connectivity index (χ2v) is 5.88. The van der Waals surface area contributed by atoms with Crippen molar-refractivity contribution >= 4 is 11.6 Å². The van der Waals surface area contributed by atoms with Gasteiger partial charge in [-0.3, -0.25) is 4.79 Å². The first kappa shape index (κ1) is 12.5. The molecule has 1 amide bonds. The highest BCUT2D eigenvalue weighted by atomic mass is 16.1. The highest BCUT2D eigenvalue weighted by molar-refractivity contribution is 5.95. The van der Waals surface area contributed by atoms with Gasteiger partial charge in [-0.05, 0) is 42.2 Å². The summed E-state index contributed by atoms with van der Waals surface area (Å²) in [5.74, 6) is 0.527. The van der Waals surface area contributed by atoms with Crippen LogP contribution in [0.25, 0.3) is 0 Å². The maximum atomic E-state index is 12.3. The third kappa shape index (κ3) is 2.40. The summed E-state index contributed by atoms with van der Waals surface area (Å²) in [5, 5.41) is 6.47. The van der Waals surface area contributed by atoms with Crippen LogP contribution in [-0.4, -0.2) is 18.5 Å². The quantitative estimate of drug-likeness (QED) is 0.906. The zero-order valence-electron chi connectivity index (χ0n) is 11.8. The third-order valence-corrected chi connectivity index (χ3v) is 4.41. The average molecular weight is 278 g/mol. The zero-order valence-corrected chi connectivity index (χ0v) is 11.8. The minimum atomic E-state index is 0.0492. The van der Waals surface area contributed by atoms with Crippen molar-refractivity contribution < 1.29 is 4.79 Å². The van der Waals surface area contributed by atoms with Crippen molar-refractivity contribution in [2.75, 3.05) is 11.9 Å². The molecule has 2 aromatic carbocycles. The number of carbonyl (C=O) groups excluding carboxylic acids is 1. The lowest BCUT2D eigenvalue weighted by atomic mass is 10.1. The number of amides is 1. The van der Waals surface area contributed by atoms with Gasteiger partial charge in [-0.1, -0.05) is 30.3 Å². The summed E-state index contributed by atoms with van der Waals surface area (Å²) in [6.07, 6.45) is 2.05. The molecule has 1 saturated carbocycles. The molecule has 0 spiro atoms. The standard InChI is InChI=1S/C18H18N2O/c21-18(14-6-7-16-13(10-14)8-9-19-16)20-17-11-15(17)12-4-2-1-3-5-12/h1-7,10,15,17,19H,8-9,11H2,(H,20,21). The molecule has 1 fully saturated rings. The summed E-state index contributed by atoms with van der Waals surface area (Å²) >= 11 is 0. The van der Waals surface area contributed by atoms with Crippen LogP contribution in [-0.2, 0) is 6.42 Å². The largest absolute Gasteiger partial charge is 0.384 e. The van der Waals surface area contributed by atoms with E-state index in [0.29, 0.717) is 5.92 Å². The van der Waals surface area contributed by atoms with Gasteiger partial charge in [0, 0.05) is 29.8 Å². The lowest BCUT2D eigenvalue weighted by Crippen LogP contribution is -2.26. The summed E-state index contributed by atoms with van der Waals surface area (Å²) in [5.41, 5.74) is 4.51. The summed E-state index contributed by atoms with van der Waals surface area (Å²) in [6.45, 7) is 0.971. The predicted molar refractivity (Wildman–Crippen MR) is 83.7 cm³/mol. The molecule has 0 aromatic heterocycles. The molecule has 2 aliphatic rings. The van der Waals surface area contributed by atoms with Gasteiger partial charge in [-0.25, -0.2) is 0 Å². The van der Waals surface area contributed by atoms with E-state index in [4.69, 9.17) is 0 Å². The first-order chi connectivity index (χ1) is 10.3. The monoisotopic (exact) mass is 278 g/mol. The van der Waals surface area contributed by atoms with E-state index >= 15 is 0 Å². The maximum absolute atomic E-state index is 12.3. The normalized spacial score (nSPS) is 22.3. The van der Waals surface area contributed by atoms with Gasteiger partial charge in [-0.2, -0.15) is 0 Å². The Morgan fingerprint density at radius 3 is 2.86 bits per heavy atom. The Bertz CT molecular complexity index is 681. The van der Waals surface area contributed by atoms with E-state index in [0.717, 1.165) is 24.9 Å². The van der Waals surface area contributed by atoms with Crippen LogP contribution in [0.5, 0.6) is 0 Å². The van der Waals surface area contributed by atoms with Gasteiger partial charge in [0.1, 0.15) is 0 Å².